The quantitative estimate of drug-likeness (QED) is 0.321. The Bertz CT molecular complexity index is 494. The Morgan fingerprint density at radius 2 is 1.71 bits per heavy atom. The zero-order valence-corrected chi connectivity index (χ0v) is 11.5. The number of benzene rings is 1. The van der Waals surface area contributed by atoms with E-state index in [0.29, 0.717) is 12.8 Å². The van der Waals surface area contributed by atoms with Crippen molar-refractivity contribution < 1.29 is 32.2 Å². The summed E-state index contributed by atoms with van der Waals surface area (Å²) in [6, 6.07) is 1.48. The van der Waals surface area contributed by atoms with E-state index in [1.807, 2.05) is 0 Å². The largest absolute Gasteiger partial charge is 0.493 e. The van der Waals surface area contributed by atoms with Gasteiger partial charge in [-0.3, -0.25) is 4.79 Å². The van der Waals surface area contributed by atoms with E-state index in [0.717, 1.165) is 12.1 Å². The molecular weight excluding hydrogens is 289 g/mol. The number of hydrogen-bond acceptors (Lipinski definition) is 4. The molecule has 0 unspecified atom stereocenters. The third-order valence-corrected chi connectivity index (χ3v) is 2.53. The highest BCUT2D eigenvalue weighted by Gasteiger charge is 2.14. The van der Waals surface area contributed by atoms with E-state index >= 15 is 0 Å². The molecule has 0 atom stereocenters. The Balaban J connectivity index is 2.29. The molecule has 0 radical (unpaired) electrons. The van der Waals surface area contributed by atoms with Gasteiger partial charge < -0.3 is 9.47 Å². The molecule has 0 N–H and O–H groups in total. The first-order chi connectivity index (χ1) is 9.95. The highest BCUT2D eigenvalue weighted by molar-refractivity contribution is 6.33. The number of ether oxygens (including phenoxy) is 2. The third kappa shape index (κ3) is 5.45. The van der Waals surface area contributed by atoms with Gasteiger partial charge in [0.15, 0.2) is 17.5 Å². The first kappa shape index (κ1) is 17.0. The SMILES string of the molecule is CCOC(=O)C(=O)CCCCOc1cc(F)c(F)c(F)c1. The summed E-state index contributed by atoms with van der Waals surface area (Å²) in [7, 11) is 0. The van der Waals surface area contributed by atoms with Gasteiger partial charge in [-0.2, -0.15) is 0 Å². The van der Waals surface area contributed by atoms with E-state index < -0.39 is 29.2 Å². The highest BCUT2D eigenvalue weighted by atomic mass is 19.2. The first-order valence-corrected chi connectivity index (χ1v) is 6.43. The van der Waals surface area contributed by atoms with Crippen LogP contribution >= 0.6 is 0 Å². The van der Waals surface area contributed by atoms with E-state index in [1.165, 1.54) is 0 Å². The summed E-state index contributed by atoms with van der Waals surface area (Å²) in [5.74, 6) is -5.85. The van der Waals surface area contributed by atoms with Crippen molar-refractivity contribution in [2.24, 2.45) is 0 Å². The number of rotatable bonds is 8. The maximum atomic E-state index is 12.9. The van der Waals surface area contributed by atoms with Crippen LogP contribution < -0.4 is 4.74 Å². The zero-order valence-electron chi connectivity index (χ0n) is 11.5. The van der Waals surface area contributed by atoms with Crippen molar-refractivity contribution in [2.75, 3.05) is 13.2 Å². The van der Waals surface area contributed by atoms with Crippen LogP contribution in [0.2, 0.25) is 0 Å². The van der Waals surface area contributed by atoms with Crippen molar-refractivity contribution in [1.82, 2.24) is 0 Å². The first-order valence-electron chi connectivity index (χ1n) is 6.43. The number of ketones is 1. The molecule has 0 bridgehead atoms. The lowest BCUT2D eigenvalue weighted by atomic mass is 10.2. The van der Waals surface area contributed by atoms with Gasteiger partial charge in [0.2, 0.25) is 5.78 Å². The van der Waals surface area contributed by atoms with Crippen LogP contribution in [0.4, 0.5) is 13.2 Å². The summed E-state index contributed by atoms with van der Waals surface area (Å²) >= 11 is 0. The molecule has 0 aliphatic rings. The molecule has 0 fully saturated rings. The number of esters is 1. The molecule has 1 aromatic carbocycles. The van der Waals surface area contributed by atoms with Gasteiger partial charge in [-0.15, -0.1) is 0 Å². The van der Waals surface area contributed by atoms with Crippen LogP contribution in [-0.2, 0) is 14.3 Å². The van der Waals surface area contributed by atoms with Crippen LogP contribution in [0.5, 0.6) is 5.75 Å². The second kappa shape index (κ2) is 8.28. The topological polar surface area (TPSA) is 52.6 Å². The molecular formula is C14H15F3O4. The van der Waals surface area contributed by atoms with Crippen LogP contribution in [0.1, 0.15) is 26.2 Å². The van der Waals surface area contributed by atoms with Gasteiger partial charge in [0, 0.05) is 18.6 Å². The number of unbranched alkanes of at least 4 members (excludes halogenated alkanes) is 1. The van der Waals surface area contributed by atoms with Crippen molar-refractivity contribution in [3.05, 3.63) is 29.6 Å². The van der Waals surface area contributed by atoms with E-state index in [1.54, 1.807) is 6.92 Å². The van der Waals surface area contributed by atoms with E-state index in [4.69, 9.17) is 4.74 Å². The fraction of sp³-hybridized carbons (Fsp3) is 0.429. The predicted molar refractivity (Wildman–Crippen MR) is 67.3 cm³/mol. The molecule has 0 aliphatic carbocycles. The van der Waals surface area contributed by atoms with Gasteiger partial charge in [0.05, 0.1) is 13.2 Å². The minimum Gasteiger partial charge on any atom is -0.493 e. The van der Waals surface area contributed by atoms with Gasteiger partial charge in [-0.05, 0) is 19.8 Å². The fourth-order valence-electron chi connectivity index (χ4n) is 1.51. The maximum Gasteiger partial charge on any atom is 0.374 e. The van der Waals surface area contributed by atoms with Crippen molar-refractivity contribution in [1.29, 1.82) is 0 Å². The molecule has 21 heavy (non-hydrogen) atoms. The normalized spacial score (nSPS) is 10.3. The third-order valence-electron chi connectivity index (χ3n) is 2.53. The van der Waals surface area contributed by atoms with Crippen molar-refractivity contribution in [3.63, 3.8) is 0 Å². The van der Waals surface area contributed by atoms with Crippen LogP contribution in [0, 0.1) is 17.5 Å². The number of halogens is 3. The van der Waals surface area contributed by atoms with Crippen LogP contribution in [0.15, 0.2) is 12.1 Å². The molecule has 116 valence electrons. The van der Waals surface area contributed by atoms with Crippen molar-refractivity contribution in [2.45, 2.75) is 26.2 Å². The average Bonchev–Trinajstić information content (AvgIpc) is 2.44. The summed E-state index contributed by atoms with van der Waals surface area (Å²) < 4.78 is 48.0. The van der Waals surface area contributed by atoms with Crippen LogP contribution in [0.25, 0.3) is 0 Å². The summed E-state index contributed by atoms with van der Waals surface area (Å²) in [6.07, 6.45) is 0.768. The lowest BCUT2D eigenvalue weighted by molar-refractivity contribution is -0.153. The Morgan fingerprint density at radius 1 is 1.10 bits per heavy atom. The lowest BCUT2D eigenvalue weighted by Crippen LogP contribution is -2.17. The van der Waals surface area contributed by atoms with Gasteiger partial charge in [0.25, 0.3) is 0 Å². The Kier molecular flexibility index (Phi) is 6.71. The Hall–Kier alpha value is -2.05. The van der Waals surface area contributed by atoms with Crippen molar-refractivity contribution in [3.8, 4) is 5.75 Å². The molecule has 0 aromatic heterocycles. The molecule has 0 amide bonds. The highest BCUT2D eigenvalue weighted by Crippen LogP contribution is 2.19. The number of hydrogen-bond donors (Lipinski definition) is 0. The standard InChI is InChI=1S/C14H15F3O4/c1-2-20-14(19)12(18)5-3-4-6-21-9-7-10(15)13(17)11(16)8-9/h7-8H,2-6H2,1H3. The van der Waals surface area contributed by atoms with E-state index in [2.05, 4.69) is 4.74 Å². The monoisotopic (exact) mass is 304 g/mol. The minimum absolute atomic E-state index is 0.00827. The molecule has 0 saturated carbocycles. The van der Waals surface area contributed by atoms with Crippen molar-refractivity contribution >= 4 is 11.8 Å². The summed E-state index contributed by atoms with van der Waals surface area (Å²) in [5, 5.41) is 0. The molecule has 1 rings (SSSR count). The van der Waals surface area contributed by atoms with Crippen LogP contribution in [0.3, 0.4) is 0 Å². The predicted octanol–water partition coefficient (Wildman–Crippen LogP) is 2.79. The minimum atomic E-state index is -1.55. The number of carbonyl (C=O) groups is 2. The summed E-state index contributed by atoms with van der Waals surface area (Å²) in [5.41, 5.74) is 0. The second-order valence-corrected chi connectivity index (χ2v) is 4.15. The molecule has 1 aromatic rings. The van der Waals surface area contributed by atoms with Crippen LogP contribution in [-0.4, -0.2) is 25.0 Å². The molecule has 4 nitrogen and oxygen atoms in total. The number of carbonyl (C=O) groups excluding carboxylic acids is 2. The van der Waals surface area contributed by atoms with Gasteiger partial charge in [-0.1, -0.05) is 0 Å². The fourth-order valence-corrected chi connectivity index (χ4v) is 1.51. The molecule has 0 spiro atoms. The molecule has 7 heteroatoms. The van der Waals surface area contributed by atoms with Gasteiger partial charge in [0.1, 0.15) is 5.75 Å². The Labute approximate surface area is 119 Å². The Morgan fingerprint density at radius 3 is 2.29 bits per heavy atom. The molecule has 0 heterocycles. The lowest BCUT2D eigenvalue weighted by Gasteiger charge is -2.07. The smallest absolute Gasteiger partial charge is 0.374 e. The number of Topliss-reactive ketones (excluding diaryl/α,β-unsaturated/α-hetero) is 1. The maximum absolute atomic E-state index is 12.9. The summed E-state index contributed by atoms with van der Waals surface area (Å²) in [4.78, 5) is 22.2. The molecule has 0 saturated heterocycles. The average molecular weight is 304 g/mol. The van der Waals surface area contributed by atoms with E-state index in [-0.39, 0.29) is 25.4 Å². The van der Waals surface area contributed by atoms with E-state index in [9.17, 15) is 22.8 Å². The van der Waals surface area contributed by atoms with Gasteiger partial charge >= 0.3 is 5.97 Å². The van der Waals surface area contributed by atoms with Gasteiger partial charge in [-0.25, -0.2) is 18.0 Å². The zero-order chi connectivity index (χ0) is 15.8. The second-order valence-electron chi connectivity index (χ2n) is 4.15. The summed E-state index contributed by atoms with van der Waals surface area (Å²) in [6.45, 7) is 1.82. The molecule has 0 aliphatic heterocycles.